The summed E-state index contributed by atoms with van der Waals surface area (Å²) in [5.41, 5.74) is 0.898. The molecule has 1 aliphatic rings. The van der Waals surface area contributed by atoms with Gasteiger partial charge in [0, 0.05) is 6.04 Å². The fraction of sp³-hybridized carbons (Fsp3) is 0.455. The van der Waals surface area contributed by atoms with Crippen LogP contribution in [0.1, 0.15) is 42.6 Å². The number of hydrogen-bond donors (Lipinski definition) is 2. The van der Waals surface area contributed by atoms with Crippen LogP contribution in [0.25, 0.3) is 0 Å². The van der Waals surface area contributed by atoms with Crippen LogP contribution in [0.15, 0.2) is 48.5 Å². The van der Waals surface area contributed by atoms with Gasteiger partial charge in [-0.2, -0.15) is 13.2 Å². The highest BCUT2D eigenvalue weighted by Gasteiger charge is 2.31. The molecule has 1 fully saturated rings. The van der Waals surface area contributed by atoms with Crippen molar-refractivity contribution >= 4 is 0 Å². The van der Waals surface area contributed by atoms with Crippen LogP contribution in [0.2, 0.25) is 0 Å². The van der Waals surface area contributed by atoms with Crippen LogP contribution in [-0.2, 0) is 12.6 Å². The topological polar surface area (TPSA) is 43.7 Å². The molecule has 0 saturated carbocycles. The van der Waals surface area contributed by atoms with E-state index in [1.807, 2.05) is 6.92 Å². The molecule has 0 radical (unpaired) electrons. The fourth-order valence-electron chi connectivity index (χ4n) is 3.92. The van der Waals surface area contributed by atoms with Gasteiger partial charge in [0.15, 0.2) is 0 Å². The molecule has 1 aliphatic heterocycles. The lowest BCUT2D eigenvalue weighted by Gasteiger charge is -2.38. The molecule has 2 aromatic rings. The Morgan fingerprint density at radius 1 is 1.07 bits per heavy atom. The van der Waals surface area contributed by atoms with Crippen molar-refractivity contribution in [3.8, 4) is 5.75 Å². The van der Waals surface area contributed by atoms with Crippen molar-refractivity contribution < 1.29 is 23.4 Å². The Kier molecular flexibility index (Phi) is 6.30. The number of rotatable bonds is 5. The lowest BCUT2D eigenvalue weighted by atomic mass is 9.88. The Labute approximate surface area is 163 Å². The molecule has 0 amide bonds. The fourth-order valence-corrected chi connectivity index (χ4v) is 3.92. The van der Waals surface area contributed by atoms with Crippen molar-refractivity contribution in [1.29, 1.82) is 0 Å². The van der Waals surface area contributed by atoms with Crippen molar-refractivity contribution in [1.82, 2.24) is 4.90 Å². The first-order valence-corrected chi connectivity index (χ1v) is 9.61. The first-order chi connectivity index (χ1) is 13.2. The van der Waals surface area contributed by atoms with Crippen LogP contribution in [0.3, 0.4) is 0 Å². The van der Waals surface area contributed by atoms with Gasteiger partial charge in [-0.3, -0.25) is 4.90 Å². The predicted molar refractivity (Wildman–Crippen MR) is 102 cm³/mol. The molecule has 2 atom stereocenters. The van der Waals surface area contributed by atoms with Crippen LogP contribution in [-0.4, -0.2) is 34.2 Å². The zero-order chi connectivity index (χ0) is 20.3. The number of phenolic OH excluding ortho intramolecular Hbond substituents is 1. The number of nitrogens with zero attached hydrogens (tertiary/aromatic N) is 1. The van der Waals surface area contributed by atoms with Crippen molar-refractivity contribution in [2.24, 2.45) is 5.92 Å². The third kappa shape index (κ3) is 5.06. The van der Waals surface area contributed by atoms with Crippen molar-refractivity contribution in [3.05, 3.63) is 65.2 Å². The van der Waals surface area contributed by atoms with E-state index < -0.39 is 17.8 Å². The number of benzene rings is 2. The summed E-state index contributed by atoms with van der Waals surface area (Å²) in [5.74, 6) is 0.511. The highest BCUT2D eigenvalue weighted by atomic mass is 19.4. The molecular weight excluding hydrogens is 367 g/mol. The number of aliphatic hydroxyl groups excluding tert-OH is 1. The number of halogens is 3. The maximum atomic E-state index is 12.9. The van der Waals surface area contributed by atoms with Gasteiger partial charge in [-0.15, -0.1) is 0 Å². The normalized spacial score (nSPS) is 18.8. The smallest absolute Gasteiger partial charge is 0.416 e. The molecule has 0 bridgehead atoms. The number of hydrogen-bond acceptors (Lipinski definition) is 3. The summed E-state index contributed by atoms with van der Waals surface area (Å²) in [6, 6.07) is 12.1. The van der Waals surface area contributed by atoms with Gasteiger partial charge in [0.1, 0.15) is 5.75 Å². The molecule has 0 spiro atoms. The Morgan fingerprint density at radius 2 is 1.71 bits per heavy atom. The van der Waals surface area contributed by atoms with E-state index in [0.717, 1.165) is 43.1 Å². The molecule has 0 aliphatic carbocycles. The number of aliphatic hydroxyl groups is 1. The molecule has 2 aromatic carbocycles. The molecule has 0 aromatic heterocycles. The van der Waals surface area contributed by atoms with Crippen LogP contribution < -0.4 is 0 Å². The van der Waals surface area contributed by atoms with Crippen molar-refractivity contribution in [2.75, 3.05) is 13.1 Å². The average Bonchev–Trinajstić information content (AvgIpc) is 2.68. The molecule has 6 heteroatoms. The predicted octanol–water partition coefficient (Wildman–Crippen LogP) is 4.79. The largest absolute Gasteiger partial charge is 0.508 e. The van der Waals surface area contributed by atoms with Crippen molar-refractivity contribution in [3.63, 3.8) is 0 Å². The van der Waals surface area contributed by atoms with Gasteiger partial charge in [0.2, 0.25) is 0 Å². The quantitative estimate of drug-likeness (QED) is 0.768. The van der Waals surface area contributed by atoms with E-state index in [0.29, 0.717) is 12.3 Å². The summed E-state index contributed by atoms with van der Waals surface area (Å²) in [6.45, 7) is 3.59. The second-order valence-corrected chi connectivity index (χ2v) is 7.66. The second-order valence-electron chi connectivity index (χ2n) is 7.66. The molecular formula is C22H26F3NO2. The van der Waals surface area contributed by atoms with Crippen molar-refractivity contribution in [2.45, 2.75) is 44.5 Å². The van der Waals surface area contributed by atoms with E-state index >= 15 is 0 Å². The minimum atomic E-state index is -4.31. The van der Waals surface area contributed by atoms with Crippen LogP contribution in [0, 0.1) is 5.92 Å². The number of aromatic hydroxyl groups is 1. The molecule has 1 heterocycles. The standard InChI is InChI=1S/C22H26F3NO2/c1-15(21(28)18-5-7-20(27)8-6-18)26-11-9-16(10-12-26)13-17-3-2-4-19(14-17)22(23,24)25/h2-8,14-16,21,27-28H,9-13H2,1H3. The van der Waals surface area contributed by atoms with Gasteiger partial charge >= 0.3 is 6.18 Å². The van der Waals surface area contributed by atoms with Gasteiger partial charge in [-0.1, -0.05) is 30.3 Å². The van der Waals surface area contributed by atoms with Crippen LogP contribution in [0.4, 0.5) is 13.2 Å². The summed E-state index contributed by atoms with van der Waals surface area (Å²) < 4.78 is 38.6. The number of alkyl halides is 3. The highest BCUT2D eigenvalue weighted by molar-refractivity contribution is 5.28. The third-order valence-corrected chi connectivity index (χ3v) is 5.70. The van der Waals surface area contributed by atoms with E-state index in [9.17, 15) is 23.4 Å². The maximum Gasteiger partial charge on any atom is 0.416 e. The van der Waals surface area contributed by atoms with Gasteiger partial charge < -0.3 is 10.2 Å². The molecule has 28 heavy (non-hydrogen) atoms. The zero-order valence-electron chi connectivity index (χ0n) is 15.9. The monoisotopic (exact) mass is 393 g/mol. The first kappa shape index (κ1) is 20.7. The molecule has 2 unspecified atom stereocenters. The van der Waals surface area contributed by atoms with Gasteiger partial charge in [0.25, 0.3) is 0 Å². The minimum absolute atomic E-state index is 0.0703. The van der Waals surface area contributed by atoms with Crippen LogP contribution in [0.5, 0.6) is 5.75 Å². The number of piperidine rings is 1. The summed E-state index contributed by atoms with van der Waals surface area (Å²) in [6.07, 6.45) is -2.53. The van der Waals surface area contributed by atoms with E-state index in [-0.39, 0.29) is 11.8 Å². The lowest BCUT2D eigenvalue weighted by Crippen LogP contribution is -2.43. The van der Waals surface area contributed by atoms with Gasteiger partial charge in [-0.05, 0) is 74.5 Å². The minimum Gasteiger partial charge on any atom is -0.508 e. The Morgan fingerprint density at radius 3 is 2.32 bits per heavy atom. The zero-order valence-corrected chi connectivity index (χ0v) is 15.9. The van der Waals surface area contributed by atoms with E-state index in [4.69, 9.17) is 0 Å². The summed E-state index contributed by atoms with van der Waals surface area (Å²) in [5, 5.41) is 20.0. The number of likely N-dealkylation sites (tertiary alicyclic amines) is 1. The lowest BCUT2D eigenvalue weighted by molar-refractivity contribution is -0.137. The second kappa shape index (κ2) is 8.53. The van der Waals surface area contributed by atoms with E-state index in [2.05, 4.69) is 4.90 Å². The molecule has 1 saturated heterocycles. The first-order valence-electron chi connectivity index (χ1n) is 9.61. The van der Waals surface area contributed by atoms with Gasteiger partial charge in [0.05, 0.1) is 11.7 Å². The molecule has 152 valence electrons. The summed E-state index contributed by atoms with van der Waals surface area (Å²) in [7, 11) is 0. The van der Waals surface area contributed by atoms with E-state index in [1.54, 1.807) is 30.3 Å². The molecule has 3 nitrogen and oxygen atoms in total. The Bertz CT molecular complexity index is 768. The molecule has 2 N–H and O–H groups in total. The van der Waals surface area contributed by atoms with E-state index in [1.165, 1.54) is 12.1 Å². The van der Waals surface area contributed by atoms with Crippen LogP contribution >= 0.6 is 0 Å². The Balaban J connectivity index is 1.55. The maximum absolute atomic E-state index is 12.9. The SMILES string of the molecule is CC(C(O)c1ccc(O)cc1)N1CCC(Cc2cccc(C(F)(F)F)c2)CC1. The third-order valence-electron chi connectivity index (χ3n) is 5.70. The summed E-state index contributed by atoms with van der Waals surface area (Å²) in [4.78, 5) is 2.22. The summed E-state index contributed by atoms with van der Waals surface area (Å²) >= 11 is 0. The molecule has 3 rings (SSSR count). The Hall–Kier alpha value is -2.05. The number of phenols is 1. The van der Waals surface area contributed by atoms with Gasteiger partial charge in [-0.25, -0.2) is 0 Å². The highest BCUT2D eigenvalue weighted by Crippen LogP contribution is 2.32. The average molecular weight is 393 g/mol.